The number of ether oxygens (including phenoxy) is 1. The van der Waals surface area contributed by atoms with Gasteiger partial charge in [0.1, 0.15) is 0 Å². The molecule has 0 amide bonds. The fourth-order valence-corrected chi connectivity index (χ4v) is 4.35. The Morgan fingerprint density at radius 2 is 2.00 bits per heavy atom. The number of sulfonamides is 1. The molecule has 0 aromatic heterocycles. The van der Waals surface area contributed by atoms with Gasteiger partial charge in [0, 0.05) is 39.8 Å². The quantitative estimate of drug-likeness (QED) is 0.383. The van der Waals surface area contributed by atoms with Crippen molar-refractivity contribution in [2.75, 3.05) is 45.6 Å². The summed E-state index contributed by atoms with van der Waals surface area (Å²) in [6, 6.07) is 10.2. The summed E-state index contributed by atoms with van der Waals surface area (Å²) in [5, 5.41) is 6.37. The average Bonchev–Trinajstić information content (AvgIpc) is 2.98. The molecule has 2 rings (SSSR count). The van der Waals surface area contributed by atoms with Crippen LogP contribution in [0.2, 0.25) is 0 Å². The molecule has 0 radical (unpaired) electrons. The summed E-state index contributed by atoms with van der Waals surface area (Å²) in [5.41, 5.74) is 1.18. The van der Waals surface area contributed by atoms with Crippen LogP contribution in [0.5, 0.6) is 0 Å². The van der Waals surface area contributed by atoms with Crippen molar-refractivity contribution in [2.24, 2.45) is 4.99 Å². The SMILES string of the molecule is CN=C(NCCCOC(C)c1ccccc1)NCCN1CCCS1(=O)=O. The van der Waals surface area contributed by atoms with Crippen molar-refractivity contribution in [3.63, 3.8) is 0 Å². The number of nitrogens with zero attached hydrogens (tertiary/aromatic N) is 2. The van der Waals surface area contributed by atoms with Gasteiger partial charge in [0.25, 0.3) is 0 Å². The predicted octanol–water partition coefficient (Wildman–Crippen LogP) is 1.35. The van der Waals surface area contributed by atoms with Gasteiger partial charge in [-0.1, -0.05) is 30.3 Å². The molecule has 8 heteroatoms. The van der Waals surface area contributed by atoms with Crippen LogP contribution in [0, 0.1) is 0 Å². The molecule has 1 aromatic carbocycles. The lowest BCUT2D eigenvalue weighted by molar-refractivity contribution is 0.0646. The van der Waals surface area contributed by atoms with Gasteiger partial charge < -0.3 is 15.4 Å². The van der Waals surface area contributed by atoms with Gasteiger partial charge in [0.15, 0.2) is 5.96 Å². The molecule has 7 nitrogen and oxygen atoms in total. The van der Waals surface area contributed by atoms with Crippen molar-refractivity contribution in [3.05, 3.63) is 35.9 Å². The topological polar surface area (TPSA) is 83.0 Å². The molecule has 1 unspecified atom stereocenters. The van der Waals surface area contributed by atoms with Crippen molar-refractivity contribution in [1.82, 2.24) is 14.9 Å². The van der Waals surface area contributed by atoms with Gasteiger partial charge in [-0.25, -0.2) is 12.7 Å². The van der Waals surface area contributed by atoms with Gasteiger partial charge >= 0.3 is 0 Å². The van der Waals surface area contributed by atoms with Crippen molar-refractivity contribution in [3.8, 4) is 0 Å². The summed E-state index contributed by atoms with van der Waals surface area (Å²) >= 11 is 0. The molecular weight excluding hydrogens is 352 g/mol. The van der Waals surface area contributed by atoms with E-state index in [0.29, 0.717) is 32.2 Å². The van der Waals surface area contributed by atoms with Crippen LogP contribution in [0.15, 0.2) is 35.3 Å². The average molecular weight is 383 g/mol. The van der Waals surface area contributed by atoms with Crippen LogP contribution in [0.3, 0.4) is 0 Å². The molecule has 0 bridgehead atoms. The number of hydrogen-bond acceptors (Lipinski definition) is 4. The number of guanidine groups is 1. The van der Waals surface area contributed by atoms with Crippen LogP contribution in [-0.4, -0.2) is 64.3 Å². The maximum atomic E-state index is 11.7. The highest BCUT2D eigenvalue weighted by Gasteiger charge is 2.27. The molecule has 0 aliphatic carbocycles. The number of benzene rings is 1. The first-order valence-electron chi connectivity index (χ1n) is 9.12. The van der Waals surface area contributed by atoms with E-state index in [0.717, 1.165) is 19.4 Å². The summed E-state index contributed by atoms with van der Waals surface area (Å²) in [6.07, 6.45) is 1.66. The molecule has 1 saturated heterocycles. The lowest BCUT2D eigenvalue weighted by Gasteiger charge is -2.17. The fourth-order valence-electron chi connectivity index (χ4n) is 2.82. The maximum absolute atomic E-state index is 11.7. The van der Waals surface area contributed by atoms with Gasteiger partial charge in [-0.2, -0.15) is 0 Å². The molecule has 0 spiro atoms. The third-order valence-corrected chi connectivity index (χ3v) is 6.29. The van der Waals surface area contributed by atoms with Crippen molar-refractivity contribution in [2.45, 2.75) is 25.9 Å². The van der Waals surface area contributed by atoms with Crippen molar-refractivity contribution in [1.29, 1.82) is 0 Å². The molecule has 1 atom stereocenters. The highest BCUT2D eigenvalue weighted by Crippen LogP contribution is 2.15. The highest BCUT2D eigenvalue weighted by molar-refractivity contribution is 7.89. The largest absolute Gasteiger partial charge is 0.374 e. The summed E-state index contributed by atoms with van der Waals surface area (Å²) in [7, 11) is -1.33. The minimum absolute atomic E-state index is 0.0797. The molecule has 26 heavy (non-hydrogen) atoms. The number of nitrogens with one attached hydrogen (secondary N) is 2. The molecule has 1 aromatic rings. The number of hydrogen-bond donors (Lipinski definition) is 2. The van der Waals surface area contributed by atoms with Crippen molar-refractivity contribution >= 4 is 16.0 Å². The van der Waals surface area contributed by atoms with Crippen LogP contribution >= 0.6 is 0 Å². The Morgan fingerprint density at radius 3 is 2.65 bits per heavy atom. The van der Waals surface area contributed by atoms with Gasteiger partial charge in [0.2, 0.25) is 10.0 Å². The zero-order valence-electron chi connectivity index (χ0n) is 15.6. The van der Waals surface area contributed by atoms with E-state index in [1.165, 1.54) is 9.87 Å². The molecule has 1 fully saturated rings. The van der Waals surface area contributed by atoms with Gasteiger partial charge in [-0.05, 0) is 25.3 Å². The zero-order valence-corrected chi connectivity index (χ0v) is 16.5. The van der Waals surface area contributed by atoms with Crippen LogP contribution in [0.4, 0.5) is 0 Å². The van der Waals surface area contributed by atoms with Crippen LogP contribution in [0.25, 0.3) is 0 Å². The van der Waals surface area contributed by atoms with E-state index < -0.39 is 10.0 Å². The minimum Gasteiger partial charge on any atom is -0.374 e. The van der Waals surface area contributed by atoms with E-state index in [4.69, 9.17) is 4.74 Å². The van der Waals surface area contributed by atoms with E-state index in [1.807, 2.05) is 18.2 Å². The third kappa shape index (κ3) is 6.59. The molecule has 1 aliphatic heterocycles. The zero-order chi connectivity index (χ0) is 18.8. The first-order valence-corrected chi connectivity index (χ1v) is 10.7. The molecule has 2 N–H and O–H groups in total. The Labute approximate surface area is 156 Å². The summed E-state index contributed by atoms with van der Waals surface area (Å²) in [5.74, 6) is 0.944. The van der Waals surface area contributed by atoms with E-state index >= 15 is 0 Å². The molecule has 1 aliphatic rings. The Kier molecular flexibility index (Phi) is 8.34. The molecular formula is C18H30N4O3S. The second-order valence-electron chi connectivity index (χ2n) is 6.27. The standard InChI is InChI=1S/C18H30N4O3S/c1-16(17-8-4-3-5-9-17)25-14-6-10-20-18(19-2)21-11-13-22-12-7-15-26(22,23)24/h3-5,8-9,16H,6-7,10-15H2,1-2H3,(H2,19,20,21). The lowest BCUT2D eigenvalue weighted by Crippen LogP contribution is -2.42. The van der Waals surface area contributed by atoms with Gasteiger partial charge in [0.05, 0.1) is 11.9 Å². The third-order valence-electron chi connectivity index (χ3n) is 4.33. The maximum Gasteiger partial charge on any atom is 0.214 e. The second-order valence-corrected chi connectivity index (χ2v) is 8.36. The minimum atomic E-state index is -3.03. The van der Waals surface area contributed by atoms with Crippen LogP contribution in [-0.2, 0) is 14.8 Å². The lowest BCUT2D eigenvalue weighted by atomic mass is 10.1. The monoisotopic (exact) mass is 382 g/mol. The molecule has 0 saturated carbocycles. The number of aliphatic imine (C=N–C) groups is 1. The Morgan fingerprint density at radius 1 is 1.27 bits per heavy atom. The van der Waals surface area contributed by atoms with Crippen LogP contribution < -0.4 is 10.6 Å². The van der Waals surface area contributed by atoms with E-state index in [1.54, 1.807) is 7.05 Å². The van der Waals surface area contributed by atoms with Crippen LogP contribution in [0.1, 0.15) is 31.4 Å². The van der Waals surface area contributed by atoms with Crippen molar-refractivity contribution < 1.29 is 13.2 Å². The van der Waals surface area contributed by atoms with E-state index in [-0.39, 0.29) is 11.9 Å². The van der Waals surface area contributed by atoms with E-state index in [2.05, 4.69) is 34.7 Å². The summed E-state index contributed by atoms with van der Waals surface area (Å²) < 4.78 is 30.9. The molecule has 1 heterocycles. The Bertz CT molecular complexity index is 664. The smallest absolute Gasteiger partial charge is 0.214 e. The first kappa shape index (κ1) is 20.7. The number of rotatable bonds is 9. The van der Waals surface area contributed by atoms with Gasteiger partial charge in [-0.15, -0.1) is 0 Å². The first-order chi connectivity index (χ1) is 12.5. The summed E-state index contributed by atoms with van der Waals surface area (Å²) in [4.78, 5) is 4.15. The summed E-state index contributed by atoms with van der Waals surface area (Å²) in [6.45, 7) is 5.08. The highest BCUT2D eigenvalue weighted by atomic mass is 32.2. The predicted molar refractivity (Wildman–Crippen MR) is 105 cm³/mol. The van der Waals surface area contributed by atoms with E-state index in [9.17, 15) is 8.42 Å². The normalized spacial score (nSPS) is 18.6. The Hall–Kier alpha value is -1.64. The second kappa shape index (κ2) is 10.5. The Balaban J connectivity index is 1.57. The van der Waals surface area contributed by atoms with Gasteiger partial charge in [-0.3, -0.25) is 4.99 Å². The molecule has 146 valence electrons. The fraction of sp³-hybridized carbons (Fsp3) is 0.611.